The predicted molar refractivity (Wildman–Crippen MR) is 85.3 cm³/mol. The molecule has 0 aromatic heterocycles. The van der Waals surface area contributed by atoms with Gasteiger partial charge in [-0.05, 0) is 56.7 Å². The topological polar surface area (TPSA) is 4.44 Å². The summed E-state index contributed by atoms with van der Waals surface area (Å²) >= 11 is 0. The Morgan fingerprint density at radius 3 is 1.84 bits per heavy atom. The molecule has 1 rings (SSSR count). The Kier molecular flexibility index (Phi) is 7.81. The molecule has 1 aromatic rings. The second-order valence-corrected chi connectivity index (χ2v) is 5.82. The first-order valence-corrected chi connectivity index (χ1v) is 8.11. The molecule has 0 amide bonds. The van der Waals surface area contributed by atoms with Crippen molar-refractivity contribution in [3.63, 3.8) is 0 Å². The van der Waals surface area contributed by atoms with Crippen molar-refractivity contribution in [3.05, 3.63) is 29.3 Å². The lowest BCUT2D eigenvalue weighted by Gasteiger charge is -2.20. The van der Waals surface area contributed by atoms with Gasteiger partial charge in [0.25, 0.3) is 0 Å². The van der Waals surface area contributed by atoms with E-state index in [2.05, 4.69) is 45.9 Å². The molecule has 0 atom stereocenters. The fourth-order valence-electron chi connectivity index (χ4n) is 2.55. The number of hydrogen-bond acceptors (Lipinski definition) is 0. The number of aryl methyl sites for hydroxylation is 2. The van der Waals surface area contributed by atoms with E-state index in [1.165, 1.54) is 68.4 Å². The molecule has 1 aromatic carbocycles. The zero-order valence-electron chi connectivity index (χ0n) is 13.4. The van der Waals surface area contributed by atoms with Crippen molar-refractivity contribution in [2.24, 2.45) is 0 Å². The standard InChI is InChI=1S/C18H31N/c1-5-7-9-13-19(14-10-8-6-2)18-12-11-16(3)17(4)15-18/h11-12,15H,5-10,13-14H2,1-4H3/p+1. The van der Waals surface area contributed by atoms with Crippen LogP contribution in [0.3, 0.4) is 0 Å². The van der Waals surface area contributed by atoms with Crippen molar-refractivity contribution >= 4 is 5.69 Å². The number of hydrogen-bond donors (Lipinski definition) is 1. The van der Waals surface area contributed by atoms with Crippen LogP contribution >= 0.6 is 0 Å². The number of nitrogens with one attached hydrogen (secondary N) is 1. The molecule has 0 unspecified atom stereocenters. The third-order valence-corrected chi connectivity index (χ3v) is 4.08. The molecule has 1 nitrogen and oxygen atoms in total. The Morgan fingerprint density at radius 1 is 0.789 bits per heavy atom. The molecular weight excluding hydrogens is 230 g/mol. The minimum Gasteiger partial charge on any atom is -0.302 e. The maximum Gasteiger partial charge on any atom is 0.131 e. The molecule has 0 saturated heterocycles. The lowest BCUT2D eigenvalue weighted by atomic mass is 10.1. The Balaban J connectivity index is 2.66. The molecule has 0 saturated carbocycles. The summed E-state index contributed by atoms with van der Waals surface area (Å²) in [6, 6.07) is 7.00. The summed E-state index contributed by atoms with van der Waals surface area (Å²) in [4.78, 5) is 1.69. The zero-order chi connectivity index (χ0) is 14.1. The van der Waals surface area contributed by atoms with Crippen LogP contribution in [0.4, 0.5) is 5.69 Å². The van der Waals surface area contributed by atoms with Gasteiger partial charge in [-0.25, -0.2) is 0 Å². The normalized spacial score (nSPS) is 11.2. The van der Waals surface area contributed by atoms with Crippen molar-refractivity contribution in [1.82, 2.24) is 0 Å². The summed E-state index contributed by atoms with van der Waals surface area (Å²) in [5, 5.41) is 0. The first-order valence-electron chi connectivity index (χ1n) is 8.11. The molecule has 0 spiro atoms. The first kappa shape index (κ1) is 16.2. The molecule has 1 N–H and O–H groups in total. The van der Waals surface area contributed by atoms with Gasteiger partial charge in [-0.2, -0.15) is 0 Å². The Labute approximate surface area is 120 Å². The van der Waals surface area contributed by atoms with Crippen LogP contribution in [0.25, 0.3) is 0 Å². The Bertz CT molecular complexity index is 347. The fourth-order valence-corrected chi connectivity index (χ4v) is 2.55. The van der Waals surface area contributed by atoms with Crippen LogP contribution < -0.4 is 4.90 Å². The van der Waals surface area contributed by atoms with Gasteiger partial charge in [0, 0.05) is 6.07 Å². The molecule has 0 heterocycles. The summed E-state index contributed by atoms with van der Waals surface area (Å²) in [6.07, 6.45) is 8.06. The summed E-state index contributed by atoms with van der Waals surface area (Å²) in [5.41, 5.74) is 4.33. The molecule has 0 bridgehead atoms. The number of quaternary nitrogens is 1. The number of unbranched alkanes of at least 4 members (excludes halogenated alkanes) is 4. The van der Waals surface area contributed by atoms with E-state index in [-0.39, 0.29) is 0 Å². The van der Waals surface area contributed by atoms with Gasteiger partial charge >= 0.3 is 0 Å². The highest BCUT2D eigenvalue weighted by molar-refractivity contribution is 5.38. The molecule has 0 aliphatic carbocycles. The minimum absolute atomic E-state index is 1.29. The van der Waals surface area contributed by atoms with E-state index in [9.17, 15) is 0 Å². The second kappa shape index (κ2) is 9.14. The molecular formula is C18H32N+. The predicted octanol–water partition coefficient (Wildman–Crippen LogP) is 4.20. The van der Waals surface area contributed by atoms with Crippen LogP contribution in [0.15, 0.2) is 18.2 Å². The van der Waals surface area contributed by atoms with Crippen LogP contribution in [0.5, 0.6) is 0 Å². The summed E-state index contributed by atoms with van der Waals surface area (Å²) in [6.45, 7) is 11.6. The second-order valence-electron chi connectivity index (χ2n) is 5.82. The van der Waals surface area contributed by atoms with Crippen LogP contribution in [0.1, 0.15) is 63.5 Å². The SMILES string of the molecule is CCCCC[NH+](CCCCC)c1ccc(C)c(C)c1. The van der Waals surface area contributed by atoms with Gasteiger partial charge < -0.3 is 4.90 Å². The first-order chi connectivity index (χ1) is 9.19. The smallest absolute Gasteiger partial charge is 0.131 e. The van der Waals surface area contributed by atoms with Gasteiger partial charge in [0.05, 0.1) is 13.1 Å². The molecule has 108 valence electrons. The average Bonchev–Trinajstić information content (AvgIpc) is 2.41. The fraction of sp³-hybridized carbons (Fsp3) is 0.667. The van der Waals surface area contributed by atoms with Gasteiger partial charge in [0.1, 0.15) is 5.69 Å². The Morgan fingerprint density at radius 2 is 1.37 bits per heavy atom. The minimum atomic E-state index is 1.29. The third-order valence-electron chi connectivity index (χ3n) is 4.08. The van der Waals surface area contributed by atoms with Gasteiger partial charge in [-0.15, -0.1) is 0 Å². The maximum atomic E-state index is 2.39. The molecule has 0 aliphatic rings. The van der Waals surface area contributed by atoms with Gasteiger partial charge in [0.15, 0.2) is 0 Å². The van der Waals surface area contributed by atoms with Crippen molar-refractivity contribution in [2.75, 3.05) is 13.1 Å². The monoisotopic (exact) mass is 262 g/mol. The van der Waals surface area contributed by atoms with E-state index in [1.807, 2.05) is 0 Å². The lowest BCUT2D eigenvalue weighted by molar-refractivity contribution is -0.833. The van der Waals surface area contributed by atoms with Crippen molar-refractivity contribution in [2.45, 2.75) is 66.2 Å². The highest BCUT2D eigenvalue weighted by atomic mass is 15.1. The van der Waals surface area contributed by atoms with Gasteiger partial charge in [-0.3, -0.25) is 0 Å². The molecule has 0 radical (unpaired) electrons. The highest BCUT2D eigenvalue weighted by Crippen LogP contribution is 2.11. The van der Waals surface area contributed by atoms with E-state index in [0.29, 0.717) is 0 Å². The van der Waals surface area contributed by atoms with E-state index >= 15 is 0 Å². The molecule has 19 heavy (non-hydrogen) atoms. The Hall–Kier alpha value is -0.820. The summed E-state index contributed by atoms with van der Waals surface area (Å²) in [7, 11) is 0. The van der Waals surface area contributed by atoms with E-state index < -0.39 is 0 Å². The van der Waals surface area contributed by atoms with E-state index in [0.717, 1.165) is 0 Å². The third kappa shape index (κ3) is 5.78. The van der Waals surface area contributed by atoms with E-state index in [4.69, 9.17) is 0 Å². The molecule has 1 heteroatoms. The largest absolute Gasteiger partial charge is 0.302 e. The number of benzene rings is 1. The van der Waals surface area contributed by atoms with Crippen LogP contribution in [0, 0.1) is 13.8 Å². The lowest BCUT2D eigenvalue weighted by Crippen LogP contribution is -3.07. The van der Waals surface area contributed by atoms with Crippen molar-refractivity contribution in [1.29, 1.82) is 0 Å². The van der Waals surface area contributed by atoms with Crippen LogP contribution in [-0.2, 0) is 0 Å². The van der Waals surface area contributed by atoms with Crippen molar-refractivity contribution in [3.8, 4) is 0 Å². The van der Waals surface area contributed by atoms with Crippen molar-refractivity contribution < 1.29 is 4.90 Å². The molecule has 0 fully saturated rings. The summed E-state index contributed by atoms with van der Waals surface area (Å²) < 4.78 is 0. The van der Waals surface area contributed by atoms with Gasteiger partial charge in [0.2, 0.25) is 0 Å². The number of rotatable bonds is 9. The van der Waals surface area contributed by atoms with Crippen LogP contribution in [-0.4, -0.2) is 13.1 Å². The van der Waals surface area contributed by atoms with Gasteiger partial charge in [-0.1, -0.05) is 32.8 Å². The average molecular weight is 262 g/mol. The zero-order valence-corrected chi connectivity index (χ0v) is 13.4. The quantitative estimate of drug-likeness (QED) is 0.636. The summed E-state index contributed by atoms with van der Waals surface area (Å²) in [5.74, 6) is 0. The van der Waals surface area contributed by atoms with E-state index in [1.54, 1.807) is 4.90 Å². The maximum absolute atomic E-state index is 2.39. The molecule has 0 aliphatic heterocycles. The van der Waals surface area contributed by atoms with Crippen LogP contribution in [0.2, 0.25) is 0 Å². The highest BCUT2D eigenvalue weighted by Gasteiger charge is 2.12.